The minimum absolute atomic E-state index is 0.0108. The lowest BCUT2D eigenvalue weighted by molar-refractivity contribution is -0.120. The minimum atomic E-state index is -0.746. The van der Waals surface area contributed by atoms with E-state index in [0.29, 0.717) is 11.0 Å². The van der Waals surface area contributed by atoms with Crippen LogP contribution < -0.4 is 5.32 Å². The van der Waals surface area contributed by atoms with Crippen LogP contribution in [0.5, 0.6) is 0 Å². The summed E-state index contributed by atoms with van der Waals surface area (Å²) in [6.07, 6.45) is 6.39. The van der Waals surface area contributed by atoms with Crippen molar-refractivity contribution in [1.29, 1.82) is 5.26 Å². The second kappa shape index (κ2) is 7.04. The van der Waals surface area contributed by atoms with Crippen LogP contribution in [0.2, 0.25) is 0 Å². The van der Waals surface area contributed by atoms with E-state index in [9.17, 15) is 4.79 Å². The molecule has 1 saturated carbocycles. The third-order valence-electron chi connectivity index (χ3n) is 3.79. The zero-order chi connectivity index (χ0) is 13.6. The molecule has 0 radical (unpaired) electrons. The van der Waals surface area contributed by atoms with Crippen LogP contribution in [0.25, 0.3) is 0 Å². The second-order valence-electron chi connectivity index (χ2n) is 5.59. The van der Waals surface area contributed by atoms with Gasteiger partial charge in [0.2, 0.25) is 5.91 Å². The zero-order valence-electron chi connectivity index (χ0n) is 11.7. The fourth-order valence-corrected chi connectivity index (χ4v) is 3.18. The first-order valence-corrected chi connectivity index (χ1v) is 7.86. The number of carbonyl (C=O) groups excluding carboxylic acids is 1. The Kier molecular flexibility index (Phi) is 6.01. The molecule has 0 unspecified atom stereocenters. The minimum Gasteiger partial charge on any atom is -0.337 e. The van der Waals surface area contributed by atoms with Crippen molar-refractivity contribution in [3.8, 4) is 6.07 Å². The van der Waals surface area contributed by atoms with Crippen LogP contribution in [-0.4, -0.2) is 22.4 Å². The summed E-state index contributed by atoms with van der Waals surface area (Å²) >= 11 is 1.75. The van der Waals surface area contributed by atoms with Crippen molar-refractivity contribution in [2.24, 2.45) is 5.92 Å². The molecule has 0 bridgehead atoms. The van der Waals surface area contributed by atoms with Gasteiger partial charge in [-0.25, -0.2) is 0 Å². The molecule has 0 spiro atoms. The first-order valence-electron chi connectivity index (χ1n) is 6.82. The number of carbonyl (C=O) groups is 1. The lowest BCUT2D eigenvalue weighted by Crippen LogP contribution is -2.49. The Balaban J connectivity index is 2.34. The third kappa shape index (κ3) is 4.53. The number of amides is 1. The van der Waals surface area contributed by atoms with Crippen molar-refractivity contribution in [1.82, 2.24) is 5.32 Å². The van der Waals surface area contributed by atoms with E-state index < -0.39 is 5.54 Å². The Morgan fingerprint density at radius 3 is 2.56 bits per heavy atom. The lowest BCUT2D eigenvalue weighted by atomic mass is 9.90. The molecule has 102 valence electrons. The molecule has 18 heavy (non-hydrogen) atoms. The van der Waals surface area contributed by atoms with E-state index in [1.54, 1.807) is 18.7 Å². The van der Waals surface area contributed by atoms with E-state index in [2.05, 4.69) is 11.4 Å². The molecular weight excluding hydrogens is 244 g/mol. The van der Waals surface area contributed by atoms with E-state index >= 15 is 0 Å². The number of thioether (sulfide) groups is 1. The van der Waals surface area contributed by atoms with Gasteiger partial charge in [-0.1, -0.05) is 33.1 Å². The molecule has 0 aromatic heterocycles. The Morgan fingerprint density at radius 1 is 1.44 bits per heavy atom. The van der Waals surface area contributed by atoms with Crippen molar-refractivity contribution in [2.45, 2.75) is 63.7 Å². The van der Waals surface area contributed by atoms with E-state index in [-0.39, 0.29) is 11.8 Å². The van der Waals surface area contributed by atoms with Gasteiger partial charge in [0, 0.05) is 5.25 Å². The summed E-state index contributed by atoms with van der Waals surface area (Å²) in [4.78, 5) is 11.9. The van der Waals surface area contributed by atoms with Crippen LogP contribution in [0.15, 0.2) is 0 Å². The summed E-state index contributed by atoms with van der Waals surface area (Å²) in [6.45, 7) is 5.70. The maximum absolute atomic E-state index is 11.9. The van der Waals surface area contributed by atoms with Crippen molar-refractivity contribution < 1.29 is 4.79 Å². The molecule has 0 aromatic carbocycles. The smallest absolute Gasteiger partial charge is 0.231 e. The summed E-state index contributed by atoms with van der Waals surface area (Å²) in [7, 11) is 0. The highest BCUT2D eigenvalue weighted by molar-refractivity contribution is 8.00. The molecule has 1 aliphatic carbocycles. The molecule has 1 amide bonds. The van der Waals surface area contributed by atoms with Gasteiger partial charge in [-0.15, -0.1) is 11.8 Å². The molecule has 0 aromatic rings. The first-order chi connectivity index (χ1) is 8.48. The summed E-state index contributed by atoms with van der Waals surface area (Å²) in [6, 6.07) is 2.21. The van der Waals surface area contributed by atoms with E-state index in [1.165, 1.54) is 32.1 Å². The van der Waals surface area contributed by atoms with Gasteiger partial charge in [0.25, 0.3) is 0 Å². The predicted octanol–water partition coefficient (Wildman–Crippen LogP) is 3.11. The topological polar surface area (TPSA) is 52.9 Å². The van der Waals surface area contributed by atoms with Gasteiger partial charge < -0.3 is 5.32 Å². The van der Waals surface area contributed by atoms with Crippen molar-refractivity contribution in [2.75, 3.05) is 5.75 Å². The summed E-state index contributed by atoms with van der Waals surface area (Å²) < 4.78 is 0. The molecule has 4 heteroatoms. The average Bonchev–Trinajstić information content (AvgIpc) is 2.37. The average molecular weight is 268 g/mol. The van der Waals surface area contributed by atoms with Gasteiger partial charge >= 0.3 is 0 Å². The Bertz CT molecular complexity index is 318. The van der Waals surface area contributed by atoms with Crippen LogP contribution in [-0.2, 0) is 4.79 Å². The molecule has 0 aliphatic heterocycles. The van der Waals surface area contributed by atoms with Crippen molar-refractivity contribution in [3.63, 3.8) is 0 Å². The number of nitrogens with one attached hydrogen (secondary N) is 1. The molecule has 0 heterocycles. The van der Waals surface area contributed by atoms with E-state index in [1.807, 2.05) is 13.8 Å². The SMILES string of the molecule is CC(C)[C@](C)(C#N)NC(=O)CSC1CCCCC1. The standard InChI is InChI=1S/C14H24N2OS/c1-11(2)14(3,10-15)16-13(17)9-18-12-7-5-4-6-8-12/h11-12H,4-9H2,1-3H3,(H,16,17)/t14-/m0/s1. The quantitative estimate of drug-likeness (QED) is 0.833. The van der Waals surface area contributed by atoms with Crippen molar-refractivity contribution >= 4 is 17.7 Å². The summed E-state index contributed by atoms with van der Waals surface area (Å²) in [5.41, 5.74) is -0.746. The normalized spacial score (nSPS) is 20.2. The van der Waals surface area contributed by atoms with E-state index in [0.717, 1.165) is 0 Å². The molecule has 1 atom stereocenters. The van der Waals surface area contributed by atoms with Gasteiger partial charge in [0.1, 0.15) is 5.54 Å². The van der Waals surface area contributed by atoms with Gasteiger partial charge in [-0.05, 0) is 25.7 Å². The zero-order valence-corrected chi connectivity index (χ0v) is 12.5. The summed E-state index contributed by atoms with van der Waals surface area (Å²) in [5.74, 6) is 0.587. The van der Waals surface area contributed by atoms with Crippen LogP contribution in [0, 0.1) is 17.2 Å². The summed E-state index contributed by atoms with van der Waals surface area (Å²) in [5, 5.41) is 12.6. The fourth-order valence-electron chi connectivity index (χ4n) is 2.05. The number of rotatable bonds is 5. The van der Waals surface area contributed by atoms with Crippen LogP contribution in [0.1, 0.15) is 52.9 Å². The maximum atomic E-state index is 11.9. The Labute approximate surface area is 115 Å². The number of hydrogen-bond donors (Lipinski definition) is 1. The van der Waals surface area contributed by atoms with Crippen molar-refractivity contribution in [3.05, 3.63) is 0 Å². The van der Waals surface area contributed by atoms with Gasteiger partial charge in [0.15, 0.2) is 0 Å². The number of nitriles is 1. The predicted molar refractivity (Wildman–Crippen MR) is 76.3 cm³/mol. The molecule has 0 saturated heterocycles. The van der Waals surface area contributed by atoms with Gasteiger partial charge in [-0.3, -0.25) is 4.79 Å². The molecule has 1 rings (SSSR count). The molecular formula is C14H24N2OS. The van der Waals surface area contributed by atoms with Gasteiger partial charge in [-0.2, -0.15) is 5.26 Å². The molecule has 1 aliphatic rings. The fraction of sp³-hybridized carbons (Fsp3) is 0.857. The monoisotopic (exact) mass is 268 g/mol. The molecule has 1 fully saturated rings. The second-order valence-corrected chi connectivity index (χ2v) is 6.88. The maximum Gasteiger partial charge on any atom is 0.231 e. The third-order valence-corrected chi connectivity index (χ3v) is 5.16. The van der Waals surface area contributed by atoms with E-state index in [4.69, 9.17) is 5.26 Å². The number of hydrogen-bond acceptors (Lipinski definition) is 3. The van der Waals surface area contributed by atoms with Gasteiger partial charge in [0.05, 0.1) is 11.8 Å². The lowest BCUT2D eigenvalue weighted by Gasteiger charge is -2.28. The largest absolute Gasteiger partial charge is 0.337 e. The first kappa shape index (κ1) is 15.4. The highest BCUT2D eigenvalue weighted by Gasteiger charge is 2.30. The highest BCUT2D eigenvalue weighted by atomic mass is 32.2. The van der Waals surface area contributed by atoms with Crippen LogP contribution in [0.3, 0.4) is 0 Å². The molecule has 3 nitrogen and oxygen atoms in total. The Hall–Kier alpha value is -0.690. The number of nitrogens with zero attached hydrogens (tertiary/aromatic N) is 1. The van der Waals surface area contributed by atoms with Crippen LogP contribution in [0.4, 0.5) is 0 Å². The highest BCUT2D eigenvalue weighted by Crippen LogP contribution is 2.28. The molecule has 1 N–H and O–H groups in total. The van der Waals surface area contributed by atoms with Crippen LogP contribution >= 0.6 is 11.8 Å². The Morgan fingerprint density at radius 2 is 2.06 bits per heavy atom.